The third-order valence-electron chi connectivity index (χ3n) is 4.58. The van der Waals surface area contributed by atoms with Crippen LogP contribution in [0, 0.1) is 11.3 Å². The summed E-state index contributed by atoms with van der Waals surface area (Å²) in [4.78, 5) is 2.38. The fourth-order valence-corrected chi connectivity index (χ4v) is 3.17. The molecule has 0 aromatic carbocycles. The van der Waals surface area contributed by atoms with Gasteiger partial charge in [-0.2, -0.15) is 0 Å². The molecule has 0 aromatic rings. The molecular formula is C16H34N2. The SMILES string of the molecule is CC(C)CC(CNC1CCCCC1(C)C)N(C)C. The topological polar surface area (TPSA) is 15.3 Å². The Labute approximate surface area is 115 Å². The van der Waals surface area contributed by atoms with Gasteiger partial charge in [0.05, 0.1) is 0 Å². The van der Waals surface area contributed by atoms with Crippen LogP contribution >= 0.6 is 0 Å². The van der Waals surface area contributed by atoms with Gasteiger partial charge in [-0.05, 0) is 44.7 Å². The molecule has 1 fully saturated rings. The molecule has 0 radical (unpaired) electrons. The first-order valence-corrected chi connectivity index (χ1v) is 7.72. The van der Waals surface area contributed by atoms with E-state index in [1.807, 2.05) is 0 Å². The van der Waals surface area contributed by atoms with Crippen LogP contribution in [0.2, 0.25) is 0 Å². The van der Waals surface area contributed by atoms with E-state index in [0.717, 1.165) is 12.5 Å². The normalized spacial score (nSPS) is 25.7. The van der Waals surface area contributed by atoms with Crippen LogP contribution in [0.1, 0.15) is 59.8 Å². The number of nitrogens with one attached hydrogen (secondary N) is 1. The minimum absolute atomic E-state index is 0.479. The van der Waals surface area contributed by atoms with Crippen LogP contribution in [0.25, 0.3) is 0 Å². The zero-order valence-electron chi connectivity index (χ0n) is 13.4. The maximum absolute atomic E-state index is 3.86. The van der Waals surface area contributed by atoms with Gasteiger partial charge in [0.1, 0.15) is 0 Å². The standard InChI is InChI=1S/C16H34N2/c1-13(2)11-14(18(5)6)12-17-15-9-7-8-10-16(15,3)4/h13-15,17H,7-12H2,1-6H3. The fourth-order valence-electron chi connectivity index (χ4n) is 3.17. The first-order valence-electron chi connectivity index (χ1n) is 7.72. The number of rotatable bonds is 6. The van der Waals surface area contributed by atoms with E-state index in [2.05, 4.69) is 52.0 Å². The second kappa shape index (κ2) is 6.91. The number of nitrogens with zero attached hydrogens (tertiary/aromatic N) is 1. The molecule has 0 amide bonds. The van der Waals surface area contributed by atoms with Crippen molar-refractivity contribution < 1.29 is 0 Å². The Balaban J connectivity index is 2.45. The molecule has 1 rings (SSSR count). The van der Waals surface area contributed by atoms with E-state index >= 15 is 0 Å². The molecule has 1 saturated carbocycles. The summed E-state index contributed by atoms with van der Waals surface area (Å²) in [6.45, 7) is 10.6. The summed E-state index contributed by atoms with van der Waals surface area (Å²) in [5, 5.41) is 3.86. The van der Waals surface area contributed by atoms with Crippen molar-refractivity contribution in [3.63, 3.8) is 0 Å². The minimum Gasteiger partial charge on any atom is -0.312 e. The van der Waals surface area contributed by atoms with Crippen LogP contribution in [-0.2, 0) is 0 Å². The van der Waals surface area contributed by atoms with E-state index in [1.165, 1.54) is 32.1 Å². The molecule has 108 valence electrons. The van der Waals surface area contributed by atoms with Crippen LogP contribution in [0.3, 0.4) is 0 Å². The molecule has 1 aliphatic carbocycles. The summed E-state index contributed by atoms with van der Waals surface area (Å²) in [6, 6.07) is 1.38. The Morgan fingerprint density at radius 2 is 1.89 bits per heavy atom. The lowest BCUT2D eigenvalue weighted by Gasteiger charge is -2.40. The number of likely N-dealkylation sites (N-methyl/N-ethyl adjacent to an activating group) is 1. The van der Waals surface area contributed by atoms with E-state index in [9.17, 15) is 0 Å². The predicted octanol–water partition coefficient (Wildman–Crippen LogP) is 3.52. The molecule has 0 spiro atoms. The Morgan fingerprint density at radius 3 is 2.39 bits per heavy atom. The molecule has 2 atom stereocenters. The van der Waals surface area contributed by atoms with E-state index in [4.69, 9.17) is 0 Å². The second-order valence-corrected chi connectivity index (χ2v) is 7.44. The Hall–Kier alpha value is -0.0800. The predicted molar refractivity (Wildman–Crippen MR) is 81.0 cm³/mol. The third-order valence-corrected chi connectivity index (χ3v) is 4.58. The summed E-state index contributed by atoms with van der Waals surface area (Å²) in [5.74, 6) is 0.776. The van der Waals surface area contributed by atoms with Gasteiger partial charge in [-0.25, -0.2) is 0 Å². The van der Waals surface area contributed by atoms with Gasteiger partial charge in [0.25, 0.3) is 0 Å². The zero-order valence-corrected chi connectivity index (χ0v) is 13.4. The maximum Gasteiger partial charge on any atom is 0.0217 e. The molecule has 0 heterocycles. The average Bonchev–Trinajstić information content (AvgIpc) is 2.24. The second-order valence-electron chi connectivity index (χ2n) is 7.44. The molecule has 0 saturated heterocycles. The molecule has 0 aromatic heterocycles. The van der Waals surface area contributed by atoms with Crippen LogP contribution < -0.4 is 5.32 Å². The monoisotopic (exact) mass is 254 g/mol. The highest BCUT2D eigenvalue weighted by atomic mass is 15.1. The van der Waals surface area contributed by atoms with Crippen molar-refractivity contribution in [3.05, 3.63) is 0 Å². The van der Waals surface area contributed by atoms with Gasteiger partial charge >= 0.3 is 0 Å². The number of hydrogen-bond acceptors (Lipinski definition) is 2. The number of hydrogen-bond donors (Lipinski definition) is 1. The molecule has 2 heteroatoms. The lowest BCUT2D eigenvalue weighted by Crippen LogP contribution is -2.49. The third kappa shape index (κ3) is 4.89. The molecule has 0 aliphatic heterocycles. The first kappa shape index (κ1) is 16.0. The Bertz CT molecular complexity index is 233. The molecule has 1 aliphatic rings. The molecule has 18 heavy (non-hydrogen) atoms. The van der Waals surface area contributed by atoms with Crippen molar-refractivity contribution in [1.82, 2.24) is 10.2 Å². The van der Waals surface area contributed by atoms with Crippen molar-refractivity contribution in [2.45, 2.75) is 71.9 Å². The van der Waals surface area contributed by atoms with Crippen molar-refractivity contribution in [3.8, 4) is 0 Å². The highest BCUT2D eigenvalue weighted by Gasteiger charge is 2.32. The van der Waals surface area contributed by atoms with Crippen molar-refractivity contribution in [1.29, 1.82) is 0 Å². The van der Waals surface area contributed by atoms with E-state index in [0.29, 0.717) is 17.5 Å². The van der Waals surface area contributed by atoms with Gasteiger partial charge < -0.3 is 10.2 Å². The molecule has 1 N–H and O–H groups in total. The zero-order chi connectivity index (χ0) is 13.8. The lowest BCUT2D eigenvalue weighted by molar-refractivity contribution is 0.150. The van der Waals surface area contributed by atoms with E-state index < -0.39 is 0 Å². The highest BCUT2D eigenvalue weighted by Crippen LogP contribution is 2.35. The van der Waals surface area contributed by atoms with Gasteiger partial charge in [-0.15, -0.1) is 0 Å². The summed E-state index contributed by atoms with van der Waals surface area (Å²) >= 11 is 0. The van der Waals surface area contributed by atoms with Gasteiger partial charge in [-0.3, -0.25) is 0 Å². The van der Waals surface area contributed by atoms with Crippen LogP contribution in [-0.4, -0.2) is 37.6 Å². The van der Waals surface area contributed by atoms with Crippen molar-refractivity contribution >= 4 is 0 Å². The summed E-state index contributed by atoms with van der Waals surface area (Å²) < 4.78 is 0. The van der Waals surface area contributed by atoms with Crippen LogP contribution in [0.4, 0.5) is 0 Å². The van der Waals surface area contributed by atoms with Gasteiger partial charge in [-0.1, -0.05) is 40.5 Å². The Kier molecular flexibility index (Phi) is 6.13. The molecule has 0 bridgehead atoms. The highest BCUT2D eigenvalue weighted by molar-refractivity contribution is 4.89. The molecule has 2 nitrogen and oxygen atoms in total. The van der Waals surface area contributed by atoms with E-state index in [1.54, 1.807) is 0 Å². The van der Waals surface area contributed by atoms with Crippen LogP contribution in [0.15, 0.2) is 0 Å². The van der Waals surface area contributed by atoms with Gasteiger partial charge in [0.2, 0.25) is 0 Å². The van der Waals surface area contributed by atoms with Gasteiger partial charge in [0, 0.05) is 18.6 Å². The first-order chi connectivity index (χ1) is 8.33. The van der Waals surface area contributed by atoms with Crippen molar-refractivity contribution in [2.75, 3.05) is 20.6 Å². The summed E-state index contributed by atoms with van der Waals surface area (Å²) in [5.41, 5.74) is 0.479. The largest absolute Gasteiger partial charge is 0.312 e. The average molecular weight is 254 g/mol. The van der Waals surface area contributed by atoms with Crippen LogP contribution in [0.5, 0.6) is 0 Å². The maximum atomic E-state index is 3.86. The van der Waals surface area contributed by atoms with Gasteiger partial charge in [0.15, 0.2) is 0 Å². The molecule has 2 unspecified atom stereocenters. The Morgan fingerprint density at radius 1 is 1.22 bits per heavy atom. The quantitative estimate of drug-likeness (QED) is 0.780. The summed E-state index contributed by atoms with van der Waals surface area (Å²) in [6.07, 6.45) is 6.83. The summed E-state index contributed by atoms with van der Waals surface area (Å²) in [7, 11) is 4.42. The van der Waals surface area contributed by atoms with Crippen molar-refractivity contribution in [2.24, 2.45) is 11.3 Å². The fraction of sp³-hybridized carbons (Fsp3) is 1.00. The van der Waals surface area contributed by atoms with E-state index in [-0.39, 0.29) is 0 Å². The smallest absolute Gasteiger partial charge is 0.0217 e. The lowest BCUT2D eigenvalue weighted by atomic mass is 9.73. The molecular weight excluding hydrogens is 220 g/mol. The minimum atomic E-state index is 0.479.